The molecule has 4 N–H and O–H groups in total. The molecule has 1 atom stereocenters. The molecule has 36 heavy (non-hydrogen) atoms. The van der Waals surface area contributed by atoms with Crippen LogP contribution in [0, 0.1) is 0 Å². The molecule has 2 heterocycles. The van der Waals surface area contributed by atoms with Crippen LogP contribution >= 0.6 is 0 Å². The molecule has 1 fully saturated rings. The van der Waals surface area contributed by atoms with E-state index in [0.717, 1.165) is 42.6 Å². The van der Waals surface area contributed by atoms with E-state index in [1.165, 1.54) is 24.6 Å². The Balaban J connectivity index is 1.43. The van der Waals surface area contributed by atoms with E-state index in [1.54, 1.807) is 24.7 Å². The summed E-state index contributed by atoms with van der Waals surface area (Å²) < 4.78 is 7.53. The van der Waals surface area contributed by atoms with Gasteiger partial charge in [0.25, 0.3) is 5.91 Å². The molecule has 2 aromatic carbocycles. The third-order valence-corrected chi connectivity index (χ3v) is 6.75. The Labute approximate surface area is 207 Å². The molecule has 1 aliphatic rings. The lowest BCUT2D eigenvalue weighted by Crippen LogP contribution is -2.42. The highest BCUT2D eigenvalue weighted by Gasteiger charge is 2.25. The number of hydrogen-bond donors (Lipinski definition) is 4. The number of fused-ring (bicyclic) bond motifs is 1. The van der Waals surface area contributed by atoms with Gasteiger partial charge in [-0.25, -0.2) is 9.78 Å². The number of nitrogens with one attached hydrogen (secondary N) is 1. The first kappa shape index (κ1) is 23.5. The first-order valence-corrected chi connectivity index (χ1v) is 12.0. The van der Waals surface area contributed by atoms with Gasteiger partial charge in [0.2, 0.25) is 0 Å². The van der Waals surface area contributed by atoms with Crippen LogP contribution in [0.4, 0.5) is 0 Å². The highest BCUT2D eigenvalue weighted by molar-refractivity contribution is 5.99. The maximum absolute atomic E-state index is 13.0. The SMILES string of the molecule is O=C(N[C@@H](Cc1ccc(O)c(O)c1)C(=O)O)c1ccc2c(c1)nc(-c1ccoc1)n2C1CCCCC1. The second-order valence-electron chi connectivity index (χ2n) is 9.20. The number of carboxylic acids is 1. The summed E-state index contributed by atoms with van der Waals surface area (Å²) in [6, 6.07) is 10.2. The number of rotatable bonds is 7. The number of carbonyl (C=O) groups excluding carboxylic acids is 1. The monoisotopic (exact) mass is 489 g/mol. The zero-order valence-electron chi connectivity index (χ0n) is 19.6. The lowest BCUT2D eigenvalue weighted by molar-refractivity contribution is -0.139. The van der Waals surface area contributed by atoms with Gasteiger partial charge in [-0.1, -0.05) is 25.3 Å². The minimum absolute atomic E-state index is 0.0574. The molecule has 5 rings (SSSR count). The Morgan fingerprint density at radius 2 is 1.86 bits per heavy atom. The summed E-state index contributed by atoms with van der Waals surface area (Å²) in [7, 11) is 0. The number of carbonyl (C=O) groups is 2. The zero-order valence-corrected chi connectivity index (χ0v) is 19.6. The molecule has 1 saturated carbocycles. The highest BCUT2D eigenvalue weighted by Crippen LogP contribution is 2.36. The van der Waals surface area contributed by atoms with Crippen LogP contribution in [0.1, 0.15) is 54.1 Å². The van der Waals surface area contributed by atoms with Crippen molar-refractivity contribution in [1.82, 2.24) is 14.9 Å². The molecule has 0 bridgehead atoms. The third kappa shape index (κ3) is 4.64. The number of aromatic nitrogens is 2. The van der Waals surface area contributed by atoms with Crippen LogP contribution in [-0.4, -0.2) is 42.8 Å². The van der Waals surface area contributed by atoms with Crippen molar-refractivity contribution in [3.05, 3.63) is 66.1 Å². The smallest absolute Gasteiger partial charge is 0.326 e. The summed E-state index contributed by atoms with van der Waals surface area (Å²) in [4.78, 5) is 29.7. The summed E-state index contributed by atoms with van der Waals surface area (Å²) in [5.74, 6) is -1.61. The second kappa shape index (κ2) is 9.77. The number of phenols is 2. The summed E-state index contributed by atoms with van der Waals surface area (Å²) in [5, 5.41) is 31.4. The highest BCUT2D eigenvalue weighted by atomic mass is 16.4. The van der Waals surface area contributed by atoms with Crippen LogP contribution < -0.4 is 5.32 Å². The minimum atomic E-state index is -1.22. The van der Waals surface area contributed by atoms with Crippen LogP contribution in [-0.2, 0) is 11.2 Å². The van der Waals surface area contributed by atoms with Crippen LogP contribution in [0.25, 0.3) is 22.4 Å². The van der Waals surface area contributed by atoms with Gasteiger partial charge in [0.05, 0.1) is 22.9 Å². The van der Waals surface area contributed by atoms with Gasteiger partial charge in [0.1, 0.15) is 18.1 Å². The van der Waals surface area contributed by atoms with E-state index in [2.05, 4.69) is 9.88 Å². The van der Waals surface area contributed by atoms with Gasteiger partial charge in [-0.2, -0.15) is 0 Å². The molecule has 1 amide bonds. The number of aromatic hydroxyl groups is 2. The summed E-state index contributed by atoms with van der Waals surface area (Å²) in [5.41, 5.74) is 3.20. The fraction of sp³-hybridized carbons (Fsp3) is 0.296. The van der Waals surface area contributed by atoms with Crippen molar-refractivity contribution in [2.75, 3.05) is 0 Å². The lowest BCUT2D eigenvalue weighted by atomic mass is 9.95. The Kier molecular flexibility index (Phi) is 6.37. The number of nitrogens with zero attached hydrogens (tertiary/aromatic N) is 2. The van der Waals surface area contributed by atoms with E-state index < -0.39 is 17.9 Å². The molecule has 9 nitrogen and oxygen atoms in total. The molecule has 0 spiro atoms. The van der Waals surface area contributed by atoms with E-state index in [0.29, 0.717) is 22.7 Å². The van der Waals surface area contributed by atoms with Gasteiger partial charge in [-0.3, -0.25) is 4.79 Å². The largest absolute Gasteiger partial charge is 0.504 e. The van der Waals surface area contributed by atoms with E-state index >= 15 is 0 Å². The molecule has 4 aromatic rings. The van der Waals surface area contributed by atoms with Crippen LogP contribution in [0.15, 0.2) is 59.4 Å². The normalized spacial score (nSPS) is 15.1. The molecule has 9 heteroatoms. The van der Waals surface area contributed by atoms with Crippen molar-refractivity contribution in [2.45, 2.75) is 50.6 Å². The van der Waals surface area contributed by atoms with Gasteiger partial charge in [-0.05, 0) is 54.8 Å². The van der Waals surface area contributed by atoms with Crippen LogP contribution in [0.2, 0.25) is 0 Å². The van der Waals surface area contributed by atoms with Gasteiger partial charge >= 0.3 is 5.97 Å². The molecular formula is C27H27N3O6. The predicted octanol–water partition coefficient (Wildman–Crippen LogP) is 4.64. The average molecular weight is 490 g/mol. The maximum Gasteiger partial charge on any atom is 0.326 e. The molecule has 0 saturated heterocycles. The van der Waals surface area contributed by atoms with Crippen LogP contribution in [0.3, 0.4) is 0 Å². The van der Waals surface area contributed by atoms with Crippen molar-refractivity contribution in [1.29, 1.82) is 0 Å². The summed E-state index contributed by atoms with van der Waals surface area (Å²) in [6.45, 7) is 0. The quantitative estimate of drug-likeness (QED) is 0.278. The van der Waals surface area contributed by atoms with E-state index in [4.69, 9.17) is 9.40 Å². The Bertz CT molecular complexity index is 1400. The molecule has 1 aliphatic carbocycles. The number of carboxylic acid groups (broad SMARTS) is 1. The van der Waals surface area contributed by atoms with Gasteiger partial charge in [0.15, 0.2) is 11.5 Å². The maximum atomic E-state index is 13.0. The number of benzene rings is 2. The van der Waals surface area contributed by atoms with Gasteiger partial charge in [0, 0.05) is 18.0 Å². The fourth-order valence-electron chi connectivity index (χ4n) is 4.92. The van der Waals surface area contributed by atoms with Crippen LogP contribution in [0.5, 0.6) is 11.5 Å². The van der Waals surface area contributed by atoms with Crippen molar-refractivity contribution >= 4 is 22.9 Å². The van der Waals surface area contributed by atoms with Crippen molar-refractivity contribution in [3.63, 3.8) is 0 Å². The van der Waals surface area contributed by atoms with E-state index in [9.17, 15) is 24.9 Å². The fourth-order valence-corrected chi connectivity index (χ4v) is 4.92. The van der Waals surface area contributed by atoms with Gasteiger partial charge in [-0.15, -0.1) is 0 Å². The molecular weight excluding hydrogens is 462 g/mol. The Hall–Kier alpha value is -4.27. The molecule has 0 aliphatic heterocycles. The number of aliphatic carboxylic acids is 1. The number of phenolic OH excluding ortho intramolecular Hbond substituents is 2. The molecule has 0 unspecified atom stereocenters. The molecule has 186 valence electrons. The average Bonchev–Trinajstić information content (AvgIpc) is 3.53. The van der Waals surface area contributed by atoms with Crippen molar-refractivity contribution in [3.8, 4) is 22.9 Å². The molecule has 0 radical (unpaired) electrons. The van der Waals surface area contributed by atoms with E-state index in [-0.39, 0.29) is 17.9 Å². The van der Waals surface area contributed by atoms with E-state index in [1.807, 2.05) is 12.1 Å². The number of hydrogen-bond acceptors (Lipinski definition) is 6. The standard InChI is InChI=1S/C27H27N3O6/c31-23-9-6-16(13-24(23)32)12-21(27(34)35)29-26(33)17-7-8-22-20(14-17)28-25(18-10-11-36-15-18)30(22)19-4-2-1-3-5-19/h6-11,13-15,19,21,31-32H,1-5,12H2,(H,29,33)(H,34,35)/t21-/m0/s1. The van der Waals surface area contributed by atoms with Crippen molar-refractivity contribution < 1.29 is 29.3 Å². The van der Waals surface area contributed by atoms with Crippen molar-refractivity contribution in [2.24, 2.45) is 0 Å². The summed E-state index contributed by atoms with van der Waals surface area (Å²) in [6.07, 6.45) is 8.87. The number of imidazole rings is 1. The molecule has 2 aromatic heterocycles. The lowest BCUT2D eigenvalue weighted by Gasteiger charge is -2.25. The third-order valence-electron chi connectivity index (χ3n) is 6.75. The predicted molar refractivity (Wildman–Crippen MR) is 132 cm³/mol. The first-order valence-electron chi connectivity index (χ1n) is 12.0. The Morgan fingerprint density at radius 1 is 1.06 bits per heavy atom. The summed E-state index contributed by atoms with van der Waals surface area (Å²) >= 11 is 0. The topological polar surface area (TPSA) is 138 Å². The first-order chi connectivity index (χ1) is 17.4. The second-order valence-corrected chi connectivity index (χ2v) is 9.20. The number of amides is 1. The van der Waals surface area contributed by atoms with Gasteiger partial charge < -0.3 is 29.6 Å². The Morgan fingerprint density at radius 3 is 2.56 bits per heavy atom. The minimum Gasteiger partial charge on any atom is -0.504 e. The number of furan rings is 1. The zero-order chi connectivity index (χ0) is 25.2.